The molecule has 9 heteroatoms. The molecule has 7 nitrogen and oxygen atoms in total. The molecule has 0 aliphatic carbocycles. The Morgan fingerprint density at radius 2 is 1.94 bits per heavy atom. The summed E-state index contributed by atoms with van der Waals surface area (Å²) in [5.74, 6) is -0.251. The summed E-state index contributed by atoms with van der Waals surface area (Å²) in [6.45, 7) is 9.54. The minimum atomic E-state index is -0.251. The zero-order valence-corrected chi connectivity index (χ0v) is 20.9. The first-order valence-electron chi connectivity index (χ1n) is 11.7. The van der Waals surface area contributed by atoms with Crippen molar-refractivity contribution in [2.75, 3.05) is 24.5 Å². The molecular weight excluding hydrogens is 451 g/mol. The molecule has 34 heavy (non-hydrogen) atoms. The second-order valence-corrected chi connectivity index (χ2v) is 9.86. The fourth-order valence-corrected chi connectivity index (χ4v) is 5.55. The molecule has 1 fully saturated rings. The topological polar surface area (TPSA) is 58.3 Å². The molecule has 0 radical (unpaired) electrons. The maximum absolute atomic E-state index is 13.6. The molecule has 1 amide bonds. The van der Waals surface area contributed by atoms with E-state index in [1.54, 1.807) is 6.07 Å². The molecule has 1 saturated heterocycles. The van der Waals surface area contributed by atoms with Gasteiger partial charge >= 0.3 is 0 Å². The fourth-order valence-electron chi connectivity index (χ4n) is 4.41. The molecule has 0 atom stereocenters. The van der Waals surface area contributed by atoms with Gasteiger partial charge in [-0.2, -0.15) is 5.10 Å². The molecule has 2 aliphatic rings. The van der Waals surface area contributed by atoms with Crippen molar-refractivity contribution in [2.45, 2.75) is 51.2 Å². The summed E-state index contributed by atoms with van der Waals surface area (Å²) in [7, 11) is 2.13. The summed E-state index contributed by atoms with van der Waals surface area (Å²) in [4.78, 5) is 13.8. The van der Waals surface area contributed by atoms with Gasteiger partial charge in [0.05, 0.1) is 18.8 Å². The highest BCUT2D eigenvalue weighted by atomic mass is 32.2. The molecular formula is C25H33FN6OS. The number of benzene rings is 1. The number of anilines is 1. The number of nitrogens with one attached hydrogen (secondary N) is 1. The van der Waals surface area contributed by atoms with Crippen LogP contribution in [0, 0.1) is 19.7 Å². The van der Waals surface area contributed by atoms with Crippen molar-refractivity contribution in [3.8, 4) is 0 Å². The first kappa shape index (κ1) is 24.3. The van der Waals surface area contributed by atoms with E-state index in [-0.39, 0.29) is 12.4 Å². The number of nitrogens with zero attached hydrogens (tertiary/aromatic N) is 5. The van der Waals surface area contributed by atoms with Crippen molar-refractivity contribution in [1.82, 2.24) is 24.0 Å². The predicted molar refractivity (Wildman–Crippen MR) is 134 cm³/mol. The van der Waals surface area contributed by atoms with E-state index >= 15 is 0 Å². The fraction of sp³-hybridized carbons (Fsp3) is 0.440. The summed E-state index contributed by atoms with van der Waals surface area (Å²) in [6, 6.07) is 9.44. The summed E-state index contributed by atoms with van der Waals surface area (Å²) < 4.78 is 20.4. The van der Waals surface area contributed by atoms with Crippen molar-refractivity contribution < 1.29 is 9.18 Å². The highest BCUT2D eigenvalue weighted by Crippen LogP contribution is 2.31. The first-order valence-corrected chi connectivity index (χ1v) is 12.5. The zero-order valence-electron chi connectivity index (χ0n) is 20.1. The van der Waals surface area contributed by atoms with Gasteiger partial charge in [-0.15, -0.1) is 0 Å². The van der Waals surface area contributed by atoms with Crippen LogP contribution in [0.25, 0.3) is 0 Å². The SMILES string of the molecule is Cc1cc(SN2CCn3nccc3C2)c(C)n1C.O=CNCc1c(F)cccc1N1CCCC1. The monoisotopic (exact) mass is 484 g/mol. The lowest BCUT2D eigenvalue weighted by Gasteiger charge is -2.26. The van der Waals surface area contributed by atoms with E-state index in [0.717, 1.165) is 51.3 Å². The lowest BCUT2D eigenvalue weighted by molar-refractivity contribution is -0.109. The van der Waals surface area contributed by atoms with E-state index in [2.05, 4.69) is 61.9 Å². The Bertz CT molecular complexity index is 1120. The van der Waals surface area contributed by atoms with E-state index in [1.165, 1.54) is 28.0 Å². The molecule has 2 aromatic heterocycles. The quantitative estimate of drug-likeness (QED) is 0.423. The molecule has 2 aliphatic heterocycles. The Hall–Kier alpha value is -2.78. The molecule has 3 aromatic rings. The number of amides is 1. The van der Waals surface area contributed by atoms with Crippen molar-refractivity contribution >= 4 is 24.0 Å². The minimum absolute atomic E-state index is 0.251. The maximum Gasteiger partial charge on any atom is 0.207 e. The number of aryl methyl sites for hydroxylation is 1. The van der Waals surface area contributed by atoms with Gasteiger partial charge in [0.15, 0.2) is 0 Å². The Morgan fingerprint density at radius 1 is 1.15 bits per heavy atom. The number of carbonyl (C=O) groups excluding carboxylic acids is 1. The number of hydrogen-bond acceptors (Lipinski definition) is 5. The van der Waals surface area contributed by atoms with Crippen LogP contribution in [0.5, 0.6) is 0 Å². The lowest BCUT2D eigenvalue weighted by Crippen LogP contribution is -2.28. The van der Waals surface area contributed by atoms with Gasteiger partial charge in [-0.05, 0) is 62.9 Å². The van der Waals surface area contributed by atoms with Crippen LogP contribution in [-0.4, -0.2) is 44.7 Å². The van der Waals surface area contributed by atoms with Crippen molar-refractivity contribution in [3.05, 3.63) is 65.0 Å². The van der Waals surface area contributed by atoms with Crippen LogP contribution in [-0.2, 0) is 31.5 Å². The van der Waals surface area contributed by atoms with Gasteiger partial charge in [-0.25, -0.2) is 8.70 Å². The average molecular weight is 485 g/mol. The molecule has 0 unspecified atom stereocenters. The van der Waals surface area contributed by atoms with Crippen LogP contribution in [0.2, 0.25) is 0 Å². The largest absolute Gasteiger partial charge is 0.371 e. The number of halogens is 1. The van der Waals surface area contributed by atoms with Crippen LogP contribution in [0.15, 0.2) is 41.4 Å². The molecule has 5 rings (SSSR count). The molecule has 1 aromatic carbocycles. The second kappa shape index (κ2) is 11.1. The third-order valence-electron chi connectivity index (χ3n) is 6.56. The van der Waals surface area contributed by atoms with E-state index in [1.807, 2.05) is 24.2 Å². The van der Waals surface area contributed by atoms with Crippen molar-refractivity contribution in [1.29, 1.82) is 0 Å². The molecule has 0 bridgehead atoms. The molecule has 0 saturated carbocycles. The third-order valence-corrected chi connectivity index (χ3v) is 7.74. The van der Waals surface area contributed by atoms with Gasteiger partial charge in [0.1, 0.15) is 5.82 Å². The lowest BCUT2D eigenvalue weighted by atomic mass is 10.1. The van der Waals surface area contributed by atoms with E-state index in [9.17, 15) is 9.18 Å². The van der Waals surface area contributed by atoms with Crippen LogP contribution in [0.1, 0.15) is 35.5 Å². The Labute approximate surface area is 205 Å². The Kier molecular flexibility index (Phi) is 7.95. The van der Waals surface area contributed by atoms with Gasteiger partial charge < -0.3 is 14.8 Å². The van der Waals surface area contributed by atoms with Crippen LogP contribution >= 0.6 is 11.9 Å². The second-order valence-electron chi connectivity index (χ2n) is 8.73. The van der Waals surface area contributed by atoms with Gasteiger partial charge in [-0.1, -0.05) is 6.07 Å². The highest BCUT2D eigenvalue weighted by Gasteiger charge is 2.19. The van der Waals surface area contributed by atoms with Gasteiger partial charge in [-0.3, -0.25) is 9.48 Å². The predicted octanol–water partition coefficient (Wildman–Crippen LogP) is 4.03. The van der Waals surface area contributed by atoms with Crippen molar-refractivity contribution in [3.63, 3.8) is 0 Å². The van der Waals surface area contributed by atoms with E-state index < -0.39 is 0 Å². The molecule has 1 N–H and O–H groups in total. The van der Waals surface area contributed by atoms with Crippen molar-refractivity contribution in [2.24, 2.45) is 7.05 Å². The minimum Gasteiger partial charge on any atom is -0.371 e. The van der Waals surface area contributed by atoms with E-state index in [4.69, 9.17) is 0 Å². The third kappa shape index (κ3) is 5.47. The number of rotatable bonds is 6. The number of aromatic nitrogens is 3. The van der Waals surface area contributed by atoms with Crippen LogP contribution in [0.3, 0.4) is 0 Å². The standard InChI is InChI=1S/C13H18N4S.C12H15FN2O/c1-10-8-13(11(2)15(10)3)18-16-6-7-17-12(9-16)4-5-14-17;13-11-4-3-5-12(10(11)8-14-9-16)15-6-1-2-7-15/h4-5,8H,6-7,9H2,1-3H3;3-5,9H,1-2,6-8H2,(H,14,16). The molecule has 0 spiro atoms. The van der Waals surface area contributed by atoms with Gasteiger partial charge in [0.2, 0.25) is 6.41 Å². The summed E-state index contributed by atoms with van der Waals surface area (Å²) in [6.07, 6.45) is 4.79. The zero-order chi connectivity index (χ0) is 24.1. The average Bonchev–Trinajstić information content (AvgIpc) is 3.58. The van der Waals surface area contributed by atoms with Gasteiger partial charge in [0.25, 0.3) is 0 Å². The first-order chi connectivity index (χ1) is 16.5. The number of carbonyl (C=O) groups is 1. The summed E-state index contributed by atoms with van der Waals surface area (Å²) in [5.41, 5.74) is 5.45. The van der Waals surface area contributed by atoms with Crippen LogP contribution in [0.4, 0.5) is 10.1 Å². The molecule has 4 heterocycles. The highest BCUT2D eigenvalue weighted by molar-refractivity contribution is 7.97. The normalized spacial score (nSPS) is 15.6. The number of hydrogen-bond donors (Lipinski definition) is 1. The molecule has 182 valence electrons. The number of fused-ring (bicyclic) bond motifs is 1. The van der Waals surface area contributed by atoms with Gasteiger partial charge in [0, 0.05) is 67.0 Å². The maximum atomic E-state index is 13.6. The summed E-state index contributed by atoms with van der Waals surface area (Å²) in [5, 5.41) is 6.83. The smallest absolute Gasteiger partial charge is 0.207 e. The Morgan fingerprint density at radius 3 is 2.65 bits per heavy atom. The Balaban J connectivity index is 0.000000162. The summed E-state index contributed by atoms with van der Waals surface area (Å²) >= 11 is 1.86. The van der Waals surface area contributed by atoms with E-state index in [0.29, 0.717) is 12.0 Å². The van der Waals surface area contributed by atoms with Crippen LogP contribution < -0.4 is 10.2 Å².